The third-order valence-corrected chi connectivity index (χ3v) is 9.33. The highest BCUT2D eigenvalue weighted by Gasteiger charge is 2.37. The Hall–Kier alpha value is 0.567. The fourth-order valence-corrected chi connectivity index (χ4v) is 3.19. The van der Waals surface area contributed by atoms with Gasteiger partial charge in [-0.25, -0.2) is 0 Å². The topological polar surface area (TPSA) is 27.7 Å². The Morgan fingerprint density at radius 2 is 2.05 bits per heavy atom. The van der Waals surface area contributed by atoms with Crippen LogP contribution in [0.2, 0.25) is 18.1 Å². The molecule has 0 spiro atoms. The van der Waals surface area contributed by atoms with Crippen LogP contribution in [0.15, 0.2) is 9.66 Å². The van der Waals surface area contributed by atoms with Crippen molar-refractivity contribution in [2.45, 2.75) is 64.5 Å². The Morgan fingerprint density at radius 3 is 2.60 bits per heavy atom. The SMILES string of the molecule is CC(C)(C)[Si](C)(C)OC/C(I)=C/COC1CCCCO1. The molecular formula is C15H29IO3Si. The smallest absolute Gasteiger partial charge is 0.192 e. The van der Waals surface area contributed by atoms with Gasteiger partial charge in [-0.05, 0) is 66.1 Å². The van der Waals surface area contributed by atoms with Gasteiger partial charge < -0.3 is 13.9 Å². The van der Waals surface area contributed by atoms with Gasteiger partial charge >= 0.3 is 0 Å². The van der Waals surface area contributed by atoms with Crippen molar-refractivity contribution in [2.24, 2.45) is 0 Å². The van der Waals surface area contributed by atoms with Gasteiger partial charge in [-0.15, -0.1) is 0 Å². The lowest BCUT2D eigenvalue weighted by atomic mass is 10.2. The highest BCUT2D eigenvalue weighted by atomic mass is 127. The molecule has 0 aromatic carbocycles. The molecule has 0 aromatic rings. The van der Waals surface area contributed by atoms with Gasteiger partial charge in [0.2, 0.25) is 0 Å². The van der Waals surface area contributed by atoms with Gasteiger partial charge in [0, 0.05) is 10.2 Å². The molecule has 0 aromatic heterocycles. The molecule has 0 aliphatic carbocycles. The summed E-state index contributed by atoms with van der Waals surface area (Å²) in [4.78, 5) is 0. The van der Waals surface area contributed by atoms with E-state index in [4.69, 9.17) is 13.9 Å². The molecule has 118 valence electrons. The van der Waals surface area contributed by atoms with Crippen molar-refractivity contribution in [3.63, 3.8) is 0 Å². The van der Waals surface area contributed by atoms with Crippen LogP contribution in [-0.4, -0.2) is 34.4 Å². The zero-order valence-corrected chi connectivity index (χ0v) is 16.7. The Balaban J connectivity index is 2.27. The first-order valence-electron chi connectivity index (χ1n) is 7.44. The summed E-state index contributed by atoms with van der Waals surface area (Å²) in [7, 11) is -1.65. The van der Waals surface area contributed by atoms with Gasteiger partial charge in [-0.2, -0.15) is 0 Å². The molecule has 5 heteroatoms. The van der Waals surface area contributed by atoms with E-state index in [0.29, 0.717) is 13.2 Å². The van der Waals surface area contributed by atoms with Gasteiger partial charge in [-0.1, -0.05) is 20.8 Å². The lowest BCUT2D eigenvalue weighted by Gasteiger charge is -2.36. The van der Waals surface area contributed by atoms with E-state index >= 15 is 0 Å². The predicted molar refractivity (Wildman–Crippen MR) is 94.8 cm³/mol. The number of ether oxygens (including phenoxy) is 2. The second kappa shape index (κ2) is 8.27. The first-order chi connectivity index (χ1) is 9.22. The number of rotatable bonds is 6. The Morgan fingerprint density at radius 1 is 1.35 bits per heavy atom. The summed E-state index contributed by atoms with van der Waals surface area (Å²) >= 11 is 2.34. The summed E-state index contributed by atoms with van der Waals surface area (Å²) in [6.07, 6.45) is 5.48. The average Bonchev–Trinajstić information content (AvgIpc) is 2.36. The summed E-state index contributed by atoms with van der Waals surface area (Å²) in [5.74, 6) is 0. The Bertz CT molecular complexity index is 318. The van der Waals surface area contributed by atoms with E-state index in [2.05, 4.69) is 62.5 Å². The minimum Gasteiger partial charge on any atom is -0.412 e. The molecule has 3 nitrogen and oxygen atoms in total. The third-order valence-electron chi connectivity index (χ3n) is 4.10. The standard InChI is InChI=1S/C15H29IO3Si/c1-15(2,3)20(4,5)19-12-13(16)9-11-18-14-8-6-7-10-17-14/h9,14H,6-8,10-12H2,1-5H3/b13-9-. The number of hydrogen-bond acceptors (Lipinski definition) is 3. The summed E-state index contributed by atoms with van der Waals surface area (Å²) < 4.78 is 18.6. The van der Waals surface area contributed by atoms with Crippen molar-refractivity contribution in [3.8, 4) is 0 Å². The minimum atomic E-state index is -1.65. The molecule has 0 bridgehead atoms. The zero-order valence-electron chi connectivity index (χ0n) is 13.5. The molecule has 1 aliphatic heterocycles. The van der Waals surface area contributed by atoms with E-state index in [9.17, 15) is 0 Å². The fraction of sp³-hybridized carbons (Fsp3) is 0.867. The van der Waals surface area contributed by atoms with Crippen molar-refractivity contribution in [1.82, 2.24) is 0 Å². The molecular weight excluding hydrogens is 383 g/mol. The molecule has 1 heterocycles. The minimum absolute atomic E-state index is 0.00879. The Labute approximate surface area is 138 Å². The Kier molecular flexibility index (Phi) is 7.69. The van der Waals surface area contributed by atoms with E-state index in [1.165, 1.54) is 10.0 Å². The van der Waals surface area contributed by atoms with Crippen molar-refractivity contribution < 1.29 is 13.9 Å². The highest BCUT2D eigenvalue weighted by molar-refractivity contribution is 14.1. The summed E-state index contributed by atoms with van der Waals surface area (Å²) in [6.45, 7) is 13.5. The van der Waals surface area contributed by atoms with Crippen LogP contribution < -0.4 is 0 Å². The van der Waals surface area contributed by atoms with Crippen LogP contribution in [-0.2, 0) is 13.9 Å². The van der Waals surface area contributed by atoms with Gasteiger partial charge in [0.05, 0.1) is 13.2 Å². The van der Waals surface area contributed by atoms with Gasteiger partial charge in [-0.3, -0.25) is 0 Å². The molecule has 1 atom stereocenters. The second-order valence-corrected chi connectivity index (χ2v) is 13.0. The maximum Gasteiger partial charge on any atom is 0.192 e. The van der Waals surface area contributed by atoms with E-state index < -0.39 is 8.32 Å². The van der Waals surface area contributed by atoms with E-state index in [1.807, 2.05) is 0 Å². The van der Waals surface area contributed by atoms with Gasteiger partial charge in [0.25, 0.3) is 0 Å². The van der Waals surface area contributed by atoms with Crippen LogP contribution in [0.1, 0.15) is 40.0 Å². The van der Waals surface area contributed by atoms with Crippen molar-refractivity contribution in [3.05, 3.63) is 9.66 Å². The van der Waals surface area contributed by atoms with Crippen LogP contribution in [0.3, 0.4) is 0 Å². The van der Waals surface area contributed by atoms with Crippen LogP contribution in [0.25, 0.3) is 0 Å². The monoisotopic (exact) mass is 412 g/mol. The number of hydrogen-bond donors (Lipinski definition) is 0. The maximum absolute atomic E-state index is 6.17. The summed E-state index contributed by atoms with van der Waals surface area (Å²) in [6, 6.07) is 0. The van der Waals surface area contributed by atoms with Crippen molar-refractivity contribution in [2.75, 3.05) is 19.8 Å². The normalized spacial score (nSPS) is 22.1. The molecule has 20 heavy (non-hydrogen) atoms. The lowest BCUT2D eigenvalue weighted by Crippen LogP contribution is -2.41. The van der Waals surface area contributed by atoms with Crippen molar-refractivity contribution >= 4 is 30.9 Å². The van der Waals surface area contributed by atoms with Crippen LogP contribution in [0.4, 0.5) is 0 Å². The summed E-state index contributed by atoms with van der Waals surface area (Å²) in [5, 5.41) is 0.260. The molecule has 0 amide bonds. The van der Waals surface area contributed by atoms with Crippen LogP contribution in [0.5, 0.6) is 0 Å². The fourth-order valence-electron chi connectivity index (χ4n) is 1.61. The quantitative estimate of drug-likeness (QED) is 0.460. The summed E-state index contributed by atoms with van der Waals surface area (Å²) in [5.41, 5.74) is 0. The van der Waals surface area contributed by atoms with Gasteiger partial charge in [0.15, 0.2) is 14.6 Å². The van der Waals surface area contributed by atoms with Crippen molar-refractivity contribution in [1.29, 1.82) is 0 Å². The van der Waals surface area contributed by atoms with E-state index in [1.54, 1.807) is 0 Å². The zero-order chi connectivity index (χ0) is 15.2. The molecule has 1 rings (SSSR count). The van der Waals surface area contributed by atoms with Gasteiger partial charge in [0.1, 0.15) is 0 Å². The largest absolute Gasteiger partial charge is 0.412 e. The molecule has 1 aliphatic rings. The van der Waals surface area contributed by atoms with E-state index in [-0.39, 0.29) is 11.3 Å². The molecule has 1 saturated heterocycles. The third kappa shape index (κ3) is 6.55. The molecule has 1 fully saturated rings. The van der Waals surface area contributed by atoms with E-state index in [0.717, 1.165) is 19.4 Å². The highest BCUT2D eigenvalue weighted by Crippen LogP contribution is 2.36. The first-order valence-corrected chi connectivity index (χ1v) is 11.4. The predicted octanol–water partition coefficient (Wildman–Crippen LogP) is 4.87. The molecule has 0 radical (unpaired) electrons. The average molecular weight is 412 g/mol. The molecule has 1 unspecified atom stereocenters. The maximum atomic E-state index is 6.17. The molecule has 0 saturated carbocycles. The lowest BCUT2D eigenvalue weighted by molar-refractivity contribution is -0.155. The van der Waals surface area contributed by atoms with Crippen LogP contribution in [0, 0.1) is 0 Å². The molecule has 0 N–H and O–H groups in total. The van der Waals surface area contributed by atoms with Crippen LogP contribution >= 0.6 is 22.6 Å². The first kappa shape index (κ1) is 18.6. The number of halogens is 1. The second-order valence-electron chi connectivity index (χ2n) is 6.83.